The van der Waals surface area contributed by atoms with Crippen LogP contribution in [0.4, 0.5) is 5.69 Å². The molecule has 0 spiro atoms. The van der Waals surface area contributed by atoms with E-state index >= 15 is 0 Å². The molecular formula is C21H27N7O2. The number of anilines is 1. The zero-order chi connectivity index (χ0) is 21.9. The molecule has 158 valence electrons. The van der Waals surface area contributed by atoms with Gasteiger partial charge >= 0.3 is 0 Å². The molecule has 1 N–H and O–H groups in total. The van der Waals surface area contributed by atoms with Crippen molar-refractivity contribution in [2.45, 2.75) is 52.3 Å². The van der Waals surface area contributed by atoms with Gasteiger partial charge in [0.15, 0.2) is 0 Å². The van der Waals surface area contributed by atoms with Crippen LogP contribution in [0.3, 0.4) is 0 Å². The van der Waals surface area contributed by atoms with E-state index in [-0.39, 0.29) is 18.8 Å². The van der Waals surface area contributed by atoms with Crippen LogP contribution in [0.1, 0.15) is 34.6 Å². The lowest BCUT2D eigenvalue weighted by Crippen LogP contribution is -2.49. The van der Waals surface area contributed by atoms with Gasteiger partial charge in [-0.2, -0.15) is 10.5 Å². The summed E-state index contributed by atoms with van der Waals surface area (Å²) in [7, 11) is 0. The van der Waals surface area contributed by atoms with Crippen LogP contribution in [0.15, 0.2) is 34.6 Å². The fraction of sp³-hybridized carbons (Fsp3) is 0.524. The minimum absolute atomic E-state index is 0.0635. The zero-order valence-electron chi connectivity index (χ0n) is 18.0. The number of nitrogens with zero attached hydrogens (tertiary/aromatic N) is 6. The summed E-state index contributed by atoms with van der Waals surface area (Å²) in [5, 5.41) is 26.6. The standard InChI is InChI=1S/C21H27N7O2/c1-6-15-7-16(8-22)28(17-10-29-11-17)19(15)25-13-24-18-9-27(21(4,5)12-23)26-20(18)30-14(2)3/h6-7,9,14,17,24H,10-11,13H2,1-5H3/b15-6-,25-19+. The highest BCUT2D eigenvalue weighted by Gasteiger charge is 2.36. The van der Waals surface area contributed by atoms with E-state index in [1.807, 2.05) is 37.8 Å². The van der Waals surface area contributed by atoms with E-state index in [9.17, 15) is 10.5 Å². The molecule has 1 fully saturated rings. The van der Waals surface area contributed by atoms with Crippen LogP contribution in [0, 0.1) is 22.7 Å². The second-order valence-electron chi connectivity index (χ2n) is 7.89. The van der Waals surface area contributed by atoms with E-state index in [1.54, 1.807) is 24.7 Å². The maximum atomic E-state index is 9.51. The smallest absolute Gasteiger partial charge is 0.256 e. The second kappa shape index (κ2) is 8.60. The number of aliphatic imine (C=N–C) groups is 1. The van der Waals surface area contributed by atoms with E-state index < -0.39 is 5.54 Å². The van der Waals surface area contributed by atoms with Gasteiger partial charge in [-0.15, -0.1) is 5.10 Å². The third-order valence-corrected chi connectivity index (χ3v) is 4.82. The number of ether oxygens (including phenoxy) is 2. The van der Waals surface area contributed by atoms with E-state index in [4.69, 9.17) is 14.5 Å². The third kappa shape index (κ3) is 4.17. The van der Waals surface area contributed by atoms with Crippen molar-refractivity contribution in [1.29, 1.82) is 10.5 Å². The number of aromatic nitrogens is 2. The Labute approximate surface area is 176 Å². The summed E-state index contributed by atoms with van der Waals surface area (Å²) in [6.45, 7) is 10.7. The molecule has 1 aromatic rings. The van der Waals surface area contributed by atoms with Crippen LogP contribution in [-0.2, 0) is 10.3 Å². The highest BCUT2D eigenvalue weighted by Crippen LogP contribution is 2.29. The average molecular weight is 409 g/mol. The van der Waals surface area contributed by atoms with Gasteiger partial charge in [0.25, 0.3) is 5.88 Å². The molecule has 0 unspecified atom stereocenters. The lowest BCUT2D eigenvalue weighted by Gasteiger charge is -2.36. The monoisotopic (exact) mass is 409 g/mol. The molecule has 0 aliphatic carbocycles. The van der Waals surface area contributed by atoms with Gasteiger partial charge in [0.1, 0.15) is 35.5 Å². The summed E-state index contributed by atoms with van der Waals surface area (Å²) in [6.07, 6.45) is 5.48. The van der Waals surface area contributed by atoms with Crippen molar-refractivity contribution in [2.75, 3.05) is 25.2 Å². The number of nitrogens with one attached hydrogen (secondary N) is 1. The molecule has 0 aromatic carbocycles. The zero-order valence-corrected chi connectivity index (χ0v) is 18.0. The Morgan fingerprint density at radius 2 is 2.17 bits per heavy atom. The molecule has 0 amide bonds. The lowest BCUT2D eigenvalue weighted by atomic mass is 10.1. The van der Waals surface area contributed by atoms with Gasteiger partial charge in [-0.3, -0.25) is 0 Å². The molecule has 1 saturated heterocycles. The fourth-order valence-corrected chi connectivity index (χ4v) is 3.07. The van der Waals surface area contributed by atoms with Gasteiger partial charge in [-0.25, -0.2) is 9.67 Å². The first kappa shape index (κ1) is 21.4. The van der Waals surface area contributed by atoms with Gasteiger partial charge in [0.2, 0.25) is 0 Å². The van der Waals surface area contributed by atoms with Crippen molar-refractivity contribution in [3.05, 3.63) is 29.6 Å². The Bertz CT molecular complexity index is 968. The Morgan fingerprint density at radius 1 is 1.43 bits per heavy atom. The van der Waals surface area contributed by atoms with Gasteiger partial charge < -0.3 is 19.7 Å². The molecular weight excluding hydrogens is 382 g/mol. The predicted octanol–water partition coefficient (Wildman–Crippen LogP) is 2.77. The molecule has 3 rings (SSSR count). The Morgan fingerprint density at radius 3 is 2.70 bits per heavy atom. The molecule has 3 heterocycles. The first-order chi connectivity index (χ1) is 14.3. The SMILES string of the molecule is C/C=C1/C=C(C#N)N(C2COC2)/C1=N/CNc1cn(C(C)(C)C#N)nc1OC(C)C. The van der Waals surface area contributed by atoms with Crippen LogP contribution >= 0.6 is 0 Å². The molecule has 9 heteroatoms. The predicted molar refractivity (Wildman–Crippen MR) is 113 cm³/mol. The van der Waals surface area contributed by atoms with Crippen LogP contribution in [0.25, 0.3) is 0 Å². The summed E-state index contributed by atoms with van der Waals surface area (Å²) in [4.78, 5) is 6.65. The van der Waals surface area contributed by atoms with E-state index in [2.05, 4.69) is 22.6 Å². The van der Waals surface area contributed by atoms with Crippen LogP contribution in [0.5, 0.6) is 5.88 Å². The van der Waals surface area contributed by atoms with Crippen LogP contribution in [0.2, 0.25) is 0 Å². The number of rotatable bonds is 7. The minimum atomic E-state index is -0.808. The van der Waals surface area contributed by atoms with Crippen molar-refractivity contribution in [2.24, 2.45) is 4.99 Å². The highest BCUT2D eigenvalue weighted by molar-refractivity contribution is 6.05. The molecule has 2 aliphatic rings. The number of hydrogen-bond donors (Lipinski definition) is 1. The summed E-state index contributed by atoms with van der Waals surface area (Å²) in [5.74, 6) is 1.16. The first-order valence-electron chi connectivity index (χ1n) is 9.92. The molecule has 1 aromatic heterocycles. The van der Waals surface area contributed by atoms with Crippen molar-refractivity contribution >= 4 is 11.5 Å². The number of nitriles is 2. The number of hydrogen-bond acceptors (Lipinski definition) is 7. The largest absolute Gasteiger partial charge is 0.472 e. The highest BCUT2D eigenvalue weighted by atomic mass is 16.5. The van der Waals surface area contributed by atoms with Crippen molar-refractivity contribution in [3.8, 4) is 18.0 Å². The Kier molecular flexibility index (Phi) is 6.14. The molecule has 30 heavy (non-hydrogen) atoms. The van der Waals surface area contributed by atoms with Crippen LogP contribution < -0.4 is 10.1 Å². The quantitative estimate of drug-likeness (QED) is 0.737. The van der Waals surface area contributed by atoms with Gasteiger partial charge in [-0.1, -0.05) is 6.08 Å². The molecule has 9 nitrogen and oxygen atoms in total. The molecule has 0 saturated carbocycles. The molecule has 0 bridgehead atoms. The van der Waals surface area contributed by atoms with E-state index in [0.29, 0.717) is 30.5 Å². The maximum Gasteiger partial charge on any atom is 0.256 e. The molecule has 0 atom stereocenters. The summed E-state index contributed by atoms with van der Waals surface area (Å²) in [6, 6.07) is 4.60. The number of amidine groups is 1. The third-order valence-electron chi connectivity index (χ3n) is 4.82. The first-order valence-corrected chi connectivity index (χ1v) is 9.92. The van der Waals surface area contributed by atoms with E-state index in [1.165, 1.54) is 0 Å². The molecule has 0 radical (unpaired) electrons. The lowest BCUT2D eigenvalue weighted by molar-refractivity contribution is -0.0305. The minimum Gasteiger partial charge on any atom is -0.472 e. The van der Waals surface area contributed by atoms with Gasteiger partial charge in [0.05, 0.1) is 37.6 Å². The Balaban J connectivity index is 1.83. The van der Waals surface area contributed by atoms with Gasteiger partial charge in [0, 0.05) is 5.57 Å². The summed E-state index contributed by atoms with van der Waals surface area (Å²) >= 11 is 0. The second-order valence-corrected chi connectivity index (χ2v) is 7.89. The van der Waals surface area contributed by atoms with Crippen molar-refractivity contribution in [3.63, 3.8) is 0 Å². The van der Waals surface area contributed by atoms with Gasteiger partial charge in [-0.05, 0) is 40.7 Å². The van der Waals surface area contributed by atoms with Crippen molar-refractivity contribution < 1.29 is 9.47 Å². The summed E-state index contributed by atoms with van der Waals surface area (Å²) < 4.78 is 12.7. The Hall–Kier alpha value is -3.30. The summed E-state index contributed by atoms with van der Waals surface area (Å²) in [5.41, 5.74) is 1.32. The maximum absolute atomic E-state index is 9.51. The van der Waals surface area contributed by atoms with E-state index in [0.717, 1.165) is 11.4 Å². The average Bonchev–Trinajstić information content (AvgIpc) is 3.22. The fourth-order valence-electron chi connectivity index (χ4n) is 3.07. The van der Waals surface area contributed by atoms with Crippen LogP contribution in [-0.4, -0.2) is 52.5 Å². The topological polar surface area (TPSA) is 111 Å². The number of allylic oxidation sites excluding steroid dienone is 2. The van der Waals surface area contributed by atoms with Crippen molar-refractivity contribution in [1.82, 2.24) is 14.7 Å². The molecule has 2 aliphatic heterocycles. The normalized spacial score (nSPS) is 19.6.